The zero-order chi connectivity index (χ0) is 32.8. The SMILES string of the molecule is C1=Cc2ccc(-c3cnc4c(c3)c3ccccc3n4-c3ccccn3)cc2C2(c3ccccc31)c1ccccc1-c1c2ccc2ccccc12. The topological polar surface area (TPSA) is 30.7 Å². The molecule has 1 atom stereocenters. The fourth-order valence-corrected chi connectivity index (χ4v) is 8.86. The number of pyridine rings is 2. The van der Waals surface area contributed by atoms with Crippen molar-refractivity contribution in [2.75, 3.05) is 0 Å². The Kier molecular flexibility index (Phi) is 5.59. The van der Waals surface area contributed by atoms with Crippen LogP contribution in [0.15, 0.2) is 164 Å². The molecule has 0 fully saturated rings. The third-order valence-corrected chi connectivity index (χ3v) is 10.9. The summed E-state index contributed by atoms with van der Waals surface area (Å²) in [5.74, 6) is 0.863. The lowest BCUT2D eigenvalue weighted by Crippen LogP contribution is -2.30. The van der Waals surface area contributed by atoms with Crippen LogP contribution in [0.5, 0.6) is 0 Å². The number of hydrogen-bond donors (Lipinski definition) is 0. The van der Waals surface area contributed by atoms with Crippen LogP contribution in [0.25, 0.3) is 72.9 Å². The van der Waals surface area contributed by atoms with Crippen LogP contribution in [0.2, 0.25) is 0 Å². The molecule has 0 N–H and O–H groups in total. The molecule has 1 unspecified atom stereocenters. The second kappa shape index (κ2) is 10.2. The molecule has 9 aromatic rings. The summed E-state index contributed by atoms with van der Waals surface area (Å²) in [5, 5.41) is 4.83. The third kappa shape index (κ3) is 3.58. The van der Waals surface area contributed by atoms with Crippen LogP contribution in [0.4, 0.5) is 0 Å². The van der Waals surface area contributed by atoms with Gasteiger partial charge in [0, 0.05) is 28.7 Å². The lowest BCUT2D eigenvalue weighted by molar-refractivity contribution is 0.767. The first-order valence-corrected chi connectivity index (χ1v) is 17.2. The molecule has 0 bridgehead atoms. The van der Waals surface area contributed by atoms with Crippen LogP contribution in [0, 0.1) is 0 Å². The molecule has 0 saturated carbocycles. The second-order valence-electron chi connectivity index (χ2n) is 13.4. The Balaban J connectivity index is 1.21. The van der Waals surface area contributed by atoms with Crippen LogP contribution >= 0.6 is 0 Å². The lowest BCUT2D eigenvalue weighted by Gasteiger charge is -2.35. The van der Waals surface area contributed by atoms with Gasteiger partial charge in [-0.2, -0.15) is 0 Å². The summed E-state index contributed by atoms with van der Waals surface area (Å²) >= 11 is 0. The van der Waals surface area contributed by atoms with Crippen LogP contribution in [0.3, 0.4) is 0 Å². The maximum Gasteiger partial charge on any atom is 0.146 e. The molecule has 0 radical (unpaired) electrons. The molecule has 2 aliphatic carbocycles. The van der Waals surface area contributed by atoms with Crippen LogP contribution in [0.1, 0.15) is 33.4 Å². The highest BCUT2D eigenvalue weighted by Gasteiger charge is 2.49. The molecule has 3 aromatic heterocycles. The summed E-state index contributed by atoms with van der Waals surface area (Å²) in [6.45, 7) is 0. The number of rotatable bonds is 2. The van der Waals surface area contributed by atoms with Crippen molar-refractivity contribution in [1.29, 1.82) is 0 Å². The maximum absolute atomic E-state index is 5.14. The van der Waals surface area contributed by atoms with Crippen molar-refractivity contribution in [2.45, 2.75) is 5.41 Å². The average molecular weight is 636 g/mol. The Morgan fingerprint density at radius 3 is 2.14 bits per heavy atom. The molecular formula is C47H29N3. The van der Waals surface area contributed by atoms with Crippen LogP contribution < -0.4 is 0 Å². The molecule has 0 saturated heterocycles. The molecule has 0 aliphatic heterocycles. The van der Waals surface area contributed by atoms with E-state index in [1.165, 1.54) is 55.3 Å². The summed E-state index contributed by atoms with van der Waals surface area (Å²) in [5.41, 5.74) is 14.1. The number of para-hydroxylation sites is 1. The zero-order valence-corrected chi connectivity index (χ0v) is 27.1. The van der Waals surface area contributed by atoms with Gasteiger partial charge in [0.05, 0.1) is 10.9 Å². The van der Waals surface area contributed by atoms with Gasteiger partial charge in [-0.25, -0.2) is 9.97 Å². The molecule has 232 valence electrons. The standard InChI is InChI=1S/C47H29N3/c1-3-13-35-30(11-1)24-25-41-45(35)37-15-4-7-17-40(37)47(41)39-16-6-2-12-31(39)20-21-32-22-23-33(28-42(32)47)34-27-38-36-14-5-8-18-43(36)50(46(38)49-29-34)44-19-9-10-26-48-44/h1-29H. The van der Waals surface area contributed by atoms with Gasteiger partial charge in [-0.05, 0) is 91.2 Å². The molecule has 50 heavy (non-hydrogen) atoms. The third-order valence-electron chi connectivity index (χ3n) is 10.9. The summed E-state index contributed by atoms with van der Waals surface area (Å²) in [7, 11) is 0. The average Bonchev–Trinajstić information content (AvgIpc) is 3.62. The van der Waals surface area contributed by atoms with E-state index >= 15 is 0 Å². The minimum absolute atomic E-state index is 0.506. The summed E-state index contributed by atoms with van der Waals surface area (Å²) in [4.78, 5) is 9.83. The molecule has 3 heterocycles. The fraction of sp³-hybridized carbons (Fsp3) is 0.0213. The van der Waals surface area contributed by atoms with E-state index < -0.39 is 5.41 Å². The fourth-order valence-electron chi connectivity index (χ4n) is 8.86. The van der Waals surface area contributed by atoms with Gasteiger partial charge in [-0.1, -0.05) is 133 Å². The highest BCUT2D eigenvalue weighted by Crippen LogP contribution is 2.60. The number of aromatic nitrogens is 3. The molecular weight excluding hydrogens is 607 g/mol. The smallest absolute Gasteiger partial charge is 0.146 e. The van der Waals surface area contributed by atoms with Crippen molar-refractivity contribution >= 4 is 44.9 Å². The highest BCUT2D eigenvalue weighted by molar-refractivity contribution is 6.09. The van der Waals surface area contributed by atoms with Gasteiger partial charge in [0.2, 0.25) is 0 Å². The predicted octanol–water partition coefficient (Wildman–Crippen LogP) is 11.2. The van der Waals surface area contributed by atoms with Crippen molar-refractivity contribution in [3.8, 4) is 28.1 Å². The van der Waals surface area contributed by atoms with E-state index in [1.807, 2.05) is 30.6 Å². The van der Waals surface area contributed by atoms with Gasteiger partial charge in [-0.3, -0.25) is 4.57 Å². The van der Waals surface area contributed by atoms with Gasteiger partial charge >= 0.3 is 0 Å². The Bertz CT molecular complexity index is 2880. The summed E-state index contributed by atoms with van der Waals surface area (Å²) < 4.78 is 2.17. The number of nitrogens with zero attached hydrogens (tertiary/aromatic N) is 3. The molecule has 3 heteroatoms. The van der Waals surface area contributed by atoms with E-state index in [-0.39, 0.29) is 0 Å². The Morgan fingerprint density at radius 1 is 0.480 bits per heavy atom. The second-order valence-corrected chi connectivity index (χ2v) is 13.4. The highest BCUT2D eigenvalue weighted by atomic mass is 15.1. The van der Waals surface area contributed by atoms with Crippen molar-refractivity contribution < 1.29 is 0 Å². The molecule has 2 aliphatic rings. The quantitative estimate of drug-likeness (QED) is 0.189. The molecule has 11 rings (SSSR count). The van der Waals surface area contributed by atoms with E-state index in [9.17, 15) is 0 Å². The van der Waals surface area contributed by atoms with E-state index in [4.69, 9.17) is 9.97 Å². The number of hydrogen-bond acceptors (Lipinski definition) is 2. The van der Waals surface area contributed by atoms with Gasteiger partial charge in [-0.15, -0.1) is 0 Å². The monoisotopic (exact) mass is 635 g/mol. The molecule has 6 aromatic carbocycles. The van der Waals surface area contributed by atoms with Gasteiger partial charge in [0.1, 0.15) is 11.5 Å². The summed E-state index contributed by atoms with van der Waals surface area (Å²) in [6, 6.07) is 55.3. The molecule has 0 amide bonds. The lowest BCUT2D eigenvalue weighted by atomic mass is 9.65. The number of fused-ring (bicyclic) bond motifs is 14. The molecule has 3 nitrogen and oxygen atoms in total. The normalized spacial score (nSPS) is 15.6. The van der Waals surface area contributed by atoms with Crippen molar-refractivity contribution in [3.63, 3.8) is 0 Å². The minimum Gasteiger partial charge on any atom is -0.278 e. The van der Waals surface area contributed by atoms with Crippen LogP contribution in [-0.4, -0.2) is 14.5 Å². The van der Waals surface area contributed by atoms with Crippen molar-refractivity contribution in [3.05, 3.63) is 197 Å². The zero-order valence-electron chi connectivity index (χ0n) is 27.1. The van der Waals surface area contributed by atoms with E-state index in [0.717, 1.165) is 38.9 Å². The van der Waals surface area contributed by atoms with Crippen LogP contribution in [-0.2, 0) is 5.41 Å². The van der Waals surface area contributed by atoms with Gasteiger partial charge in [0.25, 0.3) is 0 Å². The van der Waals surface area contributed by atoms with Gasteiger partial charge < -0.3 is 0 Å². The minimum atomic E-state index is -0.506. The largest absolute Gasteiger partial charge is 0.278 e. The van der Waals surface area contributed by atoms with E-state index in [0.29, 0.717) is 0 Å². The Labute approximate surface area is 289 Å². The first-order valence-electron chi connectivity index (χ1n) is 17.2. The van der Waals surface area contributed by atoms with E-state index in [1.54, 1.807) is 0 Å². The first kappa shape index (κ1) is 27.4. The maximum atomic E-state index is 5.14. The first-order chi connectivity index (χ1) is 24.8. The van der Waals surface area contributed by atoms with Gasteiger partial charge in [0.15, 0.2) is 0 Å². The Hall–Kier alpha value is -6.58. The Morgan fingerprint density at radius 2 is 1.24 bits per heavy atom. The summed E-state index contributed by atoms with van der Waals surface area (Å²) in [6.07, 6.45) is 8.46. The van der Waals surface area contributed by atoms with Crippen molar-refractivity contribution in [2.24, 2.45) is 0 Å². The number of benzene rings is 6. The van der Waals surface area contributed by atoms with E-state index in [2.05, 4.69) is 150 Å². The molecule has 1 spiro atoms. The predicted molar refractivity (Wildman–Crippen MR) is 206 cm³/mol. The van der Waals surface area contributed by atoms with Crippen molar-refractivity contribution in [1.82, 2.24) is 14.5 Å².